The molecule has 3 heterocycles. The SMILES string of the molecule is Cc1n[nH]c(C)c1-c1ccc(NC(=O)[C@@H](NC(=O)c2nonc2C(C)C)C2c3ccc(F)cc3OCC23CC3)cc1. The molecule has 3 N–H and O–H groups in total. The zero-order chi connectivity index (χ0) is 28.9. The van der Waals surface area contributed by atoms with Crippen molar-refractivity contribution in [2.45, 2.75) is 58.4 Å². The molecule has 1 unspecified atom stereocenters. The first-order valence-electron chi connectivity index (χ1n) is 13.7. The summed E-state index contributed by atoms with van der Waals surface area (Å²) >= 11 is 0. The third-order valence-corrected chi connectivity index (χ3v) is 8.13. The maximum atomic E-state index is 14.1. The minimum Gasteiger partial charge on any atom is -0.493 e. The Balaban J connectivity index is 1.34. The second-order valence-corrected chi connectivity index (χ2v) is 11.3. The monoisotopic (exact) mass is 558 g/mol. The molecule has 2 aromatic carbocycles. The summed E-state index contributed by atoms with van der Waals surface area (Å²) in [6, 6.07) is 10.8. The smallest absolute Gasteiger partial charge is 0.276 e. The quantitative estimate of drug-likeness (QED) is 0.289. The van der Waals surface area contributed by atoms with E-state index in [0.29, 0.717) is 29.3 Å². The number of aryl methyl sites for hydroxylation is 2. The predicted molar refractivity (Wildman–Crippen MR) is 148 cm³/mol. The number of H-pyrrole nitrogens is 1. The summed E-state index contributed by atoms with van der Waals surface area (Å²) < 4.78 is 24.9. The van der Waals surface area contributed by atoms with Gasteiger partial charge >= 0.3 is 0 Å². The van der Waals surface area contributed by atoms with Crippen molar-refractivity contribution >= 4 is 17.5 Å². The highest BCUT2D eigenvalue weighted by Gasteiger charge is 2.58. The average Bonchev–Trinajstić information content (AvgIpc) is 3.37. The number of nitrogens with one attached hydrogen (secondary N) is 3. The van der Waals surface area contributed by atoms with Crippen LogP contribution in [0.25, 0.3) is 11.1 Å². The van der Waals surface area contributed by atoms with Crippen LogP contribution in [0.5, 0.6) is 5.75 Å². The zero-order valence-electron chi connectivity index (χ0n) is 23.2. The van der Waals surface area contributed by atoms with E-state index in [1.54, 1.807) is 6.07 Å². The Morgan fingerprint density at radius 2 is 1.85 bits per heavy atom. The number of ether oxygens (including phenoxy) is 1. The minimum absolute atomic E-state index is 0.0317. The van der Waals surface area contributed by atoms with E-state index in [4.69, 9.17) is 9.37 Å². The molecule has 0 saturated heterocycles. The third-order valence-electron chi connectivity index (χ3n) is 8.13. The zero-order valence-corrected chi connectivity index (χ0v) is 23.2. The molecule has 2 aliphatic rings. The number of carbonyl (C=O) groups excluding carboxylic acids is 2. The van der Waals surface area contributed by atoms with Gasteiger partial charge < -0.3 is 15.4 Å². The molecule has 4 aromatic rings. The van der Waals surface area contributed by atoms with Crippen molar-refractivity contribution in [3.05, 3.63) is 76.6 Å². The normalized spacial score (nSPS) is 17.6. The Morgan fingerprint density at radius 1 is 1.10 bits per heavy atom. The number of rotatable bonds is 7. The van der Waals surface area contributed by atoms with E-state index in [1.807, 2.05) is 52.0 Å². The molecule has 212 valence electrons. The number of fused-ring (bicyclic) bond motifs is 1. The van der Waals surface area contributed by atoms with Gasteiger partial charge in [-0.15, -0.1) is 0 Å². The second-order valence-electron chi connectivity index (χ2n) is 11.3. The highest BCUT2D eigenvalue weighted by Crippen LogP contribution is 2.61. The van der Waals surface area contributed by atoms with Crippen LogP contribution in [0.15, 0.2) is 47.1 Å². The van der Waals surface area contributed by atoms with Gasteiger partial charge in [-0.3, -0.25) is 14.7 Å². The summed E-state index contributed by atoms with van der Waals surface area (Å²) in [5.41, 5.74) is 5.14. The minimum atomic E-state index is -1.01. The molecule has 0 bridgehead atoms. The fraction of sp³-hybridized carbons (Fsp3) is 0.367. The van der Waals surface area contributed by atoms with Crippen molar-refractivity contribution in [3.8, 4) is 16.9 Å². The van der Waals surface area contributed by atoms with E-state index in [0.717, 1.165) is 35.4 Å². The molecule has 0 radical (unpaired) electrons. The lowest BCUT2D eigenvalue weighted by molar-refractivity contribution is -0.119. The van der Waals surface area contributed by atoms with Crippen molar-refractivity contribution in [2.75, 3.05) is 11.9 Å². The molecule has 1 aliphatic heterocycles. The number of hydrogen-bond acceptors (Lipinski definition) is 7. The van der Waals surface area contributed by atoms with Crippen LogP contribution in [-0.4, -0.2) is 45.0 Å². The van der Waals surface area contributed by atoms with Gasteiger partial charge in [-0.1, -0.05) is 37.2 Å². The van der Waals surface area contributed by atoms with E-state index >= 15 is 0 Å². The molecule has 1 spiro atoms. The number of amides is 2. The van der Waals surface area contributed by atoms with Gasteiger partial charge in [0.25, 0.3) is 5.91 Å². The van der Waals surface area contributed by atoms with Crippen LogP contribution in [0.4, 0.5) is 10.1 Å². The lowest BCUT2D eigenvalue weighted by Gasteiger charge is -2.38. The van der Waals surface area contributed by atoms with Crippen LogP contribution in [-0.2, 0) is 4.79 Å². The molecule has 10 nitrogen and oxygen atoms in total. The molecular weight excluding hydrogens is 527 g/mol. The Hall–Kier alpha value is -4.54. The summed E-state index contributed by atoms with van der Waals surface area (Å²) in [6.07, 6.45) is 1.63. The van der Waals surface area contributed by atoms with E-state index in [1.165, 1.54) is 12.1 Å². The molecule has 11 heteroatoms. The van der Waals surface area contributed by atoms with Crippen molar-refractivity contribution < 1.29 is 23.3 Å². The van der Waals surface area contributed by atoms with Gasteiger partial charge in [-0.05, 0) is 55.6 Å². The summed E-state index contributed by atoms with van der Waals surface area (Å²) in [5, 5.41) is 20.9. The van der Waals surface area contributed by atoms with E-state index in [-0.39, 0.29) is 17.0 Å². The molecule has 1 fully saturated rings. The fourth-order valence-corrected chi connectivity index (χ4v) is 5.84. The molecular formula is C30H31FN6O4. The molecule has 2 atom stereocenters. The molecule has 6 rings (SSSR count). The number of anilines is 1. The Kier molecular flexibility index (Phi) is 6.59. The van der Waals surface area contributed by atoms with E-state index < -0.39 is 29.6 Å². The molecule has 2 aromatic heterocycles. The van der Waals surface area contributed by atoms with Crippen LogP contribution in [0.3, 0.4) is 0 Å². The standard InChI is InChI=1S/C30H31FN6O4/c1-15(2)25-27(37-41-36-25)29(39)33-26(24-21-10-7-19(31)13-22(21)40-14-30(24)11-12-30)28(38)32-20-8-5-18(6-9-20)23-16(3)34-35-17(23)4/h5-10,13,15,24,26H,11-12,14H2,1-4H3,(H,32,38)(H,33,39)(H,34,35)/t24?,26-/m0/s1. The number of nitrogens with zero attached hydrogens (tertiary/aromatic N) is 3. The molecule has 1 saturated carbocycles. The van der Waals surface area contributed by atoms with Gasteiger partial charge in [0.1, 0.15) is 23.3 Å². The average molecular weight is 559 g/mol. The van der Waals surface area contributed by atoms with Gasteiger partial charge in [0.05, 0.1) is 12.3 Å². The van der Waals surface area contributed by atoms with Crippen LogP contribution in [0.2, 0.25) is 0 Å². The number of hydrogen-bond donors (Lipinski definition) is 3. The second kappa shape index (κ2) is 10.1. The highest BCUT2D eigenvalue weighted by molar-refractivity contribution is 6.01. The molecule has 1 aliphatic carbocycles. The first kappa shape index (κ1) is 26.7. The summed E-state index contributed by atoms with van der Waals surface area (Å²) in [5.74, 6) is -1.59. The Bertz CT molecular complexity index is 1600. The lowest BCUT2D eigenvalue weighted by atomic mass is 9.75. The van der Waals surface area contributed by atoms with Crippen molar-refractivity contribution in [2.24, 2.45) is 5.41 Å². The molecule has 41 heavy (non-hydrogen) atoms. The summed E-state index contributed by atoms with van der Waals surface area (Å²) in [4.78, 5) is 27.6. The number of aromatic amines is 1. The molecule has 2 amide bonds. The lowest BCUT2D eigenvalue weighted by Crippen LogP contribution is -2.52. The first-order valence-corrected chi connectivity index (χ1v) is 13.7. The maximum absolute atomic E-state index is 14.1. The van der Waals surface area contributed by atoms with Crippen molar-refractivity contribution in [1.82, 2.24) is 25.8 Å². The van der Waals surface area contributed by atoms with Crippen molar-refractivity contribution in [3.63, 3.8) is 0 Å². The van der Waals surface area contributed by atoms with Crippen LogP contribution < -0.4 is 15.4 Å². The van der Waals surface area contributed by atoms with Crippen LogP contribution in [0, 0.1) is 25.1 Å². The summed E-state index contributed by atoms with van der Waals surface area (Å²) in [7, 11) is 0. The van der Waals surface area contributed by atoms with Crippen LogP contribution >= 0.6 is 0 Å². The Morgan fingerprint density at radius 3 is 2.51 bits per heavy atom. The van der Waals surface area contributed by atoms with Gasteiger partial charge in [0, 0.05) is 45.8 Å². The largest absolute Gasteiger partial charge is 0.493 e. The van der Waals surface area contributed by atoms with E-state index in [2.05, 4.69) is 31.1 Å². The van der Waals surface area contributed by atoms with E-state index in [9.17, 15) is 14.0 Å². The number of benzene rings is 2. The third kappa shape index (κ3) is 4.85. The van der Waals surface area contributed by atoms with Crippen LogP contribution in [0.1, 0.15) is 71.7 Å². The topological polar surface area (TPSA) is 135 Å². The van der Waals surface area contributed by atoms with Gasteiger partial charge in [0.2, 0.25) is 5.91 Å². The number of halogens is 1. The Labute approximate surface area is 236 Å². The fourth-order valence-electron chi connectivity index (χ4n) is 5.84. The van der Waals surface area contributed by atoms with Gasteiger partial charge in [0.15, 0.2) is 5.69 Å². The summed E-state index contributed by atoms with van der Waals surface area (Å²) in [6.45, 7) is 7.97. The number of aromatic nitrogens is 4. The highest BCUT2D eigenvalue weighted by atomic mass is 19.1. The van der Waals surface area contributed by atoms with Gasteiger partial charge in [-0.25, -0.2) is 9.02 Å². The number of carbonyl (C=O) groups is 2. The predicted octanol–water partition coefficient (Wildman–Crippen LogP) is 5.03. The van der Waals surface area contributed by atoms with Gasteiger partial charge in [-0.2, -0.15) is 5.10 Å². The van der Waals surface area contributed by atoms with Crippen molar-refractivity contribution in [1.29, 1.82) is 0 Å². The first-order chi connectivity index (χ1) is 19.7. The maximum Gasteiger partial charge on any atom is 0.276 e.